The van der Waals surface area contributed by atoms with Gasteiger partial charge in [0.05, 0.1) is 17.1 Å². The fourth-order valence-corrected chi connectivity index (χ4v) is 4.40. The number of allylic oxidation sites excluding steroid dienone is 2. The van der Waals surface area contributed by atoms with Gasteiger partial charge in [-0.15, -0.1) is 0 Å². The van der Waals surface area contributed by atoms with Crippen LogP contribution in [0.4, 0.5) is 10.5 Å². The standard InChI is InChI=1S/C24H30N4O6/c1-14-19(22(30)31)21(20(23(32)33)15(2)26-14)16-5-3-6-17(13-16)27-24(34)25-9-4-10-28-11-7-18(29)8-12-28/h3,5-6,13,21,26H,4,7-12H2,1-2H3,(H,30,31)(H,32,33)(H2,25,27,34). The first-order chi connectivity index (χ1) is 16.2. The van der Waals surface area contributed by atoms with Crippen molar-refractivity contribution in [1.29, 1.82) is 0 Å². The molecule has 1 aromatic carbocycles. The minimum atomic E-state index is -1.21. The third kappa shape index (κ3) is 6.02. The third-order valence-electron chi connectivity index (χ3n) is 6.05. The van der Waals surface area contributed by atoms with Crippen LogP contribution in [0, 0.1) is 0 Å². The molecule has 3 rings (SSSR count). The van der Waals surface area contributed by atoms with Gasteiger partial charge in [-0.05, 0) is 44.5 Å². The van der Waals surface area contributed by atoms with E-state index in [9.17, 15) is 29.4 Å². The molecular weight excluding hydrogens is 440 g/mol. The van der Waals surface area contributed by atoms with E-state index in [-0.39, 0.29) is 11.1 Å². The molecular formula is C24H30N4O6. The number of carboxylic acid groups (broad SMARTS) is 2. The molecule has 1 aromatic rings. The van der Waals surface area contributed by atoms with Crippen LogP contribution >= 0.6 is 0 Å². The van der Waals surface area contributed by atoms with Crippen LogP contribution in [0.15, 0.2) is 46.8 Å². The fraction of sp³-hybridized carbons (Fsp3) is 0.417. The summed E-state index contributed by atoms with van der Waals surface area (Å²) < 4.78 is 0. The SMILES string of the molecule is CC1=C(C(=O)O)C(c2cccc(NC(=O)NCCCN3CCC(=O)CC3)c2)C(C(=O)O)=C(C)N1. The zero-order chi connectivity index (χ0) is 24.8. The van der Waals surface area contributed by atoms with Crippen LogP contribution in [-0.4, -0.2) is 65.0 Å². The highest BCUT2D eigenvalue weighted by molar-refractivity contribution is 5.98. The molecule has 2 heterocycles. The molecule has 10 nitrogen and oxygen atoms in total. The van der Waals surface area contributed by atoms with Crippen LogP contribution in [0.3, 0.4) is 0 Å². The first kappa shape index (κ1) is 25.0. The first-order valence-electron chi connectivity index (χ1n) is 11.2. The molecule has 0 radical (unpaired) electrons. The Balaban J connectivity index is 1.65. The number of hydrogen-bond donors (Lipinski definition) is 5. The van der Waals surface area contributed by atoms with E-state index < -0.39 is 23.9 Å². The lowest BCUT2D eigenvalue weighted by atomic mass is 9.80. The second-order valence-electron chi connectivity index (χ2n) is 8.49. The van der Waals surface area contributed by atoms with E-state index in [1.165, 1.54) is 0 Å². The Bertz CT molecular complexity index is 1020. The number of nitrogens with zero attached hydrogens (tertiary/aromatic N) is 1. The Labute approximate surface area is 197 Å². The summed E-state index contributed by atoms with van der Waals surface area (Å²) >= 11 is 0. The number of carbonyl (C=O) groups excluding carboxylic acids is 2. The van der Waals surface area contributed by atoms with Crippen LogP contribution in [0.1, 0.15) is 44.6 Å². The molecule has 2 amide bonds. The van der Waals surface area contributed by atoms with Crippen molar-refractivity contribution in [2.75, 3.05) is 31.5 Å². The number of Topliss-reactive ketones (excluding diaryl/α,β-unsaturated/α-hetero) is 1. The van der Waals surface area contributed by atoms with Gasteiger partial charge in [0.25, 0.3) is 0 Å². The minimum Gasteiger partial charge on any atom is -0.478 e. The zero-order valence-electron chi connectivity index (χ0n) is 19.3. The number of piperidine rings is 1. The second-order valence-corrected chi connectivity index (χ2v) is 8.49. The lowest BCUT2D eigenvalue weighted by Gasteiger charge is -2.29. The van der Waals surface area contributed by atoms with Crippen molar-refractivity contribution in [2.45, 2.75) is 39.0 Å². The number of likely N-dealkylation sites (tertiary alicyclic amines) is 1. The van der Waals surface area contributed by atoms with Crippen LogP contribution in [0.5, 0.6) is 0 Å². The highest BCUT2D eigenvalue weighted by Crippen LogP contribution is 2.38. The number of urea groups is 1. The lowest BCUT2D eigenvalue weighted by Crippen LogP contribution is -2.36. The van der Waals surface area contributed by atoms with Crippen molar-refractivity contribution in [3.8, 4) is 0 Å². The number of carboxylic acids is 2. The van der Waals surface area contributed by atoms with Crippen LogP contribution in [0.25, 0.3) is 0 Å². The van der Waals surface area contributed by atoms with Crippen LogP contribution in [-0.2, 0) is 14.4 Å². The molecule has 0 saturated carbocycles. The fourth-order valence-electron chi connectivity index (χ4n) is 4.40. The molecule has 0 atom stereocenters. The van der Waals surface area contributed by atoms with Crippen molar-refractivity contribution in [3.63, 3.8) is 0 Å². The molecule has 0 spiro atoms. The number of carbonyl (C=O) groups is 4. The summed E-state index contributed by atoms with van der Waals surface area (Å²) in [5.74, 6) is -3.12. The molecule has 5 N–H and O–H groups in total. The molecule has 0 bridgehead atoms. The smallest absolute Gasteiger partial charge is 0.334 e. The Hall–Kier alpha value is -3.66. The van der Waals surface area contributed by atoms with E-state index in [2.05, 4.69) is 20.9 Å². The number of ketones is 1. The largest absolute Gasteiger partial charge is 0.478 e. The summed E-state index contributed by atoms with van der Waals surface area (Å²) in [6.07, 6.45) is 1.91. The molecule has 0 aromatic heterocycles. The van der Waals surface area contributed by atoms with Gasteiger partial charge in [-0.25, -0.2) is 14.4 Å². The Morgan fingerprint density at radius 1 is 1.06 bits per heavy atom. The van der Waals surface area contributed by atoms with Crippen molar-refractivity contribution < 1.29 is 29.4 Å². The summed E-state index contributed by atoms with van der Waals surface area (Å²) in [6, 6.07) is 6.13. The number of nitrogens with one attached hydrogen (secondary N) is 3. The van der Waals surface area contributed by atoms with E-state index in [4.69, 9.17) is 0 Å². The monoisotopic (exact) mass is 470 g/mol. The van der Waals surface area contributed by atoms with E-state index in [1.807, 2.05) is 0 Å². The molecule has 182 valence electrons. The highest BCUT2D eigenvalue weighted by Gasteiger charge is 2.36. The summed E-state index contributed by atoms with van der Waals surface area (Å²) in [5.41, 5.74) is 1.51. The van der Waals surface area contributed by atoms with Gasteiger partial charge >= 0.3 is 18.0 Å². The molecule has 0 aliphatic carbocycles. The predicted molar refractivity (Wildman–Crippen MR) is 125 cm³/mol. The van der Waals surface area contributed by atoms with E-state index in [0.29, 0.717) is 47.8 Å². The number of amides is 2. The molecule has 1 fully saturated rings. The van der Waals surface area contributed by atoms with Crippen molar-refractivity contribution in [1.82, 2.24) is 15.5 Å². The Morgan fingerprint density at radius 2 is 1.68 bits per heavy atom. The highest BCUT2D eigenvalue weighted by atomic mass is 16.4. The van der Waals surface area contributed by atoms with Gasteiger partial charge < -0.3 is 31.1 Å². The van der Waals surface area contributed by atoms with Gasteiger partial charge in [0.2, 0.25) is 0 Å². The van der Waals surface area contributed by atoms with E-state index in [1.54, 1.807) is 38.1 Å². The molecule has 2 aliphatic rings. The van der Waals surface area contributed by atoms with Gasteiger partial charge in [0, 0.05) is 49.6 Å². The number of anilines is 1. The first-order valence-corrected chi connectivity index (χ1v) is 11.2. The number of benzene rings is 1. The van der Waals surface area contributed by atoms with Gasteiger partial charge in [-0.3, -0.25) is 4.79 Å². The molecule has 2 aliphatic heterocycles. The quantitative estimate of drug-likeness (QED) is 0.364. The third-order valence-corrected chi connectivity index (χ3v) is 6.05. The topological polar surface area (TPSA) is 148 Å². The molecule has 1 saturated heterocycles. The van der Waals surface area contributed by atoms with E-state index in [0.717, 1.165) is 26.1 Å². The minimum absolute atomic E-state index is 0.0518. The van der Waals surface area contributed by atoms with Gasteiger partial charge in [-0.2, -0.15) is 0 Å². The normalized spacial score (nSPS) is 17.4. The molecule has 34 heavy (non-hydrogen) atoms. The van der Waals surface area contributed by atoms with Crippen molar-refractivity contribution in [2.24, 2.45) is 0 Å². The lowest BCUT2D eigenvalue weighted by molar-refractivity contribution is -0.133. The van der Waals surface area contributed by atoms with Crippen molar-refractivity contribution in [3.05, 3.63) is 52.4 Å². The van der Waals surface area contributed by atoms with Crippen LogP contribution in [0.2, 0.25) is 0 Å². The summed E-state index contributed by atoms with van der Waals surface area (Å²) in [4.78, 5) is 49.8. The van der Waals surface area contributed by atoms with Gasteiger partial charge in [0.15, 0.2) is 0 Å². The maximum absolute atomic E-state index is 12.3. The molecule has 0 unspecified atom stereocenters. The number of hydrogen-bond acceptors (Lipinski definition) is 6. The van der Waals surface area contributed by atoms with E-state index >= 15 is 0 Å². The maximum Gasteiger partial charge on any atom is 0.334 e. The number of aliphatic carboxylic acids is 2. The number of dihydropyridines is 1. The summed E-state index contributed by atoms with van der Waals surface area (Å²) in [5, 5.41) is 27.9. The Morgan fingerprint density at radius 3 is 2.26 bits per heavy atom. The van der Waals surface area contributed by atoms with Gasteiger partial charge in [0.1, 0.15) is 5.78 Å². The van der Waals surface area contributed by atoms with Gasteiger partial charge in [-0.1, -0.05) is 12.1 Å². The Kier molecular flexibility index (Phi) is 8.06. The summed E-state index contributed by atoms with van der Waals surface area (Å²) in [7, 11) is 0. The predicted octanol–water partition coefficient (Wildman–Crippen LogP) is 2.27. The average molecular weight is 471 g/mol. The van der Waals surface area contributed by atoms with Crippen molar-refractivity contribution >= 4 is 29.4 Å². The summed E-state index contributed by atoms with van der Waals surface area (Å²) in [6.45, 7) is 5.96. The maximum atomic E-state index is 12.3. The second kappa shape index (κ2) is 11.0. The zero-order valence-corrected chi connectivity index (χ0v) is 19.3. The average Bonchev–Trinajstić information content (AvgIpc) is 2.77. The molecule has 10 heteroatoms. The number of rotatable bonds is 8. The van der Waals surface area contributed by atoms with Crippen LogP contribution < -0.4 is 16.0 Å².